The Balaban J connectivity index is 1.74. The fourth-order valence-corrected chi connectivity index (χ4v) is 3.64. The van der Waals surface area contributed by atoms with Gasteiger partial charge >= 0.3 is 0 Å². The van der Waals surface area contributed by atoms with Crippen LogP contribution >= 0.6 is 0 Å². The summed E-state index contributed by atoms with van der Waals surface area (Å²) in [5.41, 5.74) is 6.40. The molecular formula is C19H17N3O5. The standard InChI is InChI=1S/C19H17N3O5/c20-14(24)10-21-16(11-6-8-13(23)9-7-11)15-17(27-21)19(26)22(18(15)25)12-4-2-1-3-5-12/h1-9,15-17,23H,10H2,(H2,20,24). The number of benzene rings is 2. The van der Waals surface area contributed by atoms with Gasteiger partial charge in [-0.05, 0) is 29.8 Å². The number of phenols is 1. The number of fused-ring (bicyclic) bond motifs is 1. The number of anilines is 1. The van der Waals surface area contributed by atoms with E-state index in [0.29, 0.717) is 11.3 Å². The maximum Gasteiger partial charge on any atom is 0.265 e. The van der Waals surface area contributed by atoms with E-state index in [0.717, 1.165) is 4.90 Å². The van der Waals surface area contributed by atoms with Gasteiger partial charge in [0.05, 0.1) is 17.6 Å². The molecule has 138 valence electrons. The van der Waals surface area contributed by atoms with Crippen molar-refractivity contribution in [2.75, 3.05) is 11.4 Å². The summed E-state index contributed by atoms with van der Waals surface area (Å²) >= 11 is 0. The number of hydrogen-bond donors (Lipinski definition) is 2. The molecular weight excluding hydrogens is 350 g/mol. The minimum absolute atomic E-state index is 0.0652. The zero-order chi connectivity index (χ0) is 19.1. The van der Waals surface area contributed by atoms with Crippen LogP contribution in [0.25, 0.3) is 0 Å². The van der Waals surface area contributed by atoms with Gasteiger partial charge < -0.3 is 10.8 Å². The second-order valence-corrected chi connectivity index (χ2v) is 6.48. The van der Waals surface area contributed by atoms with E-state index < -0.39 is 35.8 Å². The van der Waals surface area contributed by atoms with E-state index >= 15 is 0 Å². The van der Waals surface area contributed by atoms with Gasteiger partial charge in [0.1, 0.15) is 12.3 Å². The third kappa shape index (κ3) is 2.84. The maximum absolute atomic E-state index is 13.1. The van der Waals surface area contributed by atoms with Crippen LogP contribution in [0.4, 0.5) is 5.69 Å². The molecule has 2 heterocycles. The van der Waals surface area contributed by atoms with Crippen LogP contribution in [0, 0.1) is 5.92 Å². The number of aromatic hydroxyl groups is 1. The lowest BCUT2D eigenvalue weighted by Crippen LogP contribution is -2.40. The van der Waals surface area contributed by atoms with Crippen LogP contribution in [0.5, 0.6) is 5.75 Å². The number of nitrogens with zero attached hydrogens (tertiary/aromatic N) is 2. The first-order valence-corrected chi connectivity index (χ1v) is 8.41. The number of hydroxylamine groups is 2. The summed E-state index contributed by atoms with van der Waals surface area (Å²) in [6.07, 6.45) is -1.03. The van der Waals surface area contributed by atoms with E-state index in [1.54, 1.807) is 42.5 Å². The second-order valence-electron chi connectivity index (χ2n) is 6.48. The molecule has 3 atom stereocenters. The number of nitrogens with two attached hydrogens (primary N) is 1. The number of amides is 3. The summed E-state index contributed by atoms with van der Waals surface area (Å²) < 4.78 is 0. The predicted octanol–water partition coefficient (Wildman–Crippen LogP) is 0.724. The normalized spacial score (nSPS) is 25.0. The lowest BCUT2D eigenvalue weighted by molar-refractivity contribution is -0.175. The van der Waals surface area contributed by atoms with Gasteiger partial charge in [-0.15, -0.1) is 0 Å². The van der Waals surface area contributed by atoms with Gasteiger partial charge in [-0.25, -0.2) is 4.90 Å². The largest absolute Gasteiger partial charge is 0.508 e. The first-order chi connectivity index (χ1) is 13.0. The van der Waals surface area contributed by atoms with Crippen LogP contribution in [0.2, 0.25) is 0 Å². The Bertz CT molecular complexity index is 899. The Kier molecular flexibility index (Phi) is 4.14. The van der Waals surface area contributed by atoms with Crippen LogP contribution in [0.1, 0.15) is 11.6 Å². The Morgan fingerprint density at radius 1 is 1.04 bits per heavy atom. The lowest BCUT2D eigenvalue weighted by atomic mass is 9.91. The molecule has 2 aliphatic heterocycles. The lowest BCUT2D eigenvalue weighted by Gasteiger charge is -2.26. The summed E-state index contributed by atoms with van der Waals surface area (Å²) in [6.45, 7) is -0.259. The van der Waals surface area contributed by atoms with Crippen LogP contribution in [-0.4, -0.2) is 40.5 Å². The average molecular weight is 367 g/mol. The minimum Gasteiger partial charge on any atom is -0.508 e. The first-order valence-electron chi connectivity index (χ1n) is 8.41. The van der Waals surface area contributed by atoms with Gasteiger partial charge in [0.25, 0.3) is 5.91 Å². The number of hydrogen-bond acceptors (Lipinski definition) is 6. The summed E-state index contributed by atoms with van der Waals surface area (Å²) in [7, 11) is 0. The Labute approximate surface area is 154 Å². The molecule has 4 rings (SSSR count). The maximum atomic E-state index is 13.1. The van der Waals surface area contributed by atoms with Gasteiger partial charge in [-0.2, -0.15) is 5.06 Å². The number of carbonyl (C=O) groups is 3. The van der Waals surface area contributed by atoms with Gasteiger partial charge in [0.15, 0.2) is 6.10 Å². The molecule has 8 nitrogen and oxygen atoms in total. The highest BCUT2D eigenvalue weighted by Gasteiger charge is 2.60. The van der Waals surface area contributed by atoms with Crippen molar-refractivity contribution >= 4 is 23.4 Å². The number of imide groups is 1. The van der Waals surface area contributed by atoms with E-state index in [1.807, 2.05) is 0 Å². The van der Waals surface area contributed by atoms with Crippen molar-refractivity contribution in [3.05, 3.63) is 60.2 Å². The third-order valence-electron chi connectivity index (χ3n) is 4.76. The highest BCUT2D eigenvalue weighted by molar-refractivity contribution is 6.23. The molecule has 2 aliphatic rings. The summed E-state index contributed by atoms with van der Waals surface area (Å²) in [5, 5.41) is 10.8. The molecule has 8 heteroatoms. The van der Waals surface area contributed by atoms with Crippen LogP contribution in [0.15, 0.2) is 54.6 Å². The Morgan fingerprint density at radius 2 is 1.70 bits per heavy atom. The molecule has 27 heavy (non-hydrogen) atoms. The van der Waals surface area contributed by atoms with Crippen molar-refractivity contribution in [2.45, 2.75) is 12.1 Å². The van der Waals surface area contributed by atoms with Crippen molar-refractivity contribution in [1.29, 1.82) is 0 Å². The van der Waals surface area contributed by atoms with Crippen molar-refractivity contribution in [1.82, 2.24) is 5.06 Å². The molecule has 3 amide bonds. The van der Waals surface area contributed by atoms with Crippen LogP contribution in [0.3, 0.4) is 0 Å². The van der Waals surface area contributed by atoms with Crippen molar-refractivity contribution in [3.63, 3.8) is 0 Å². The van der Waals surface area contributed by atoms with Crippen LogP contribution < -0.4 is 10.6 Å². The van der Waals surface area contributed by atoms with Crippen molar-refractivity contribution in [2.24, 2.45) is 11.7 Å². The monoisotopic (exact) mass is 367 g/mol. The Hall–Kier alpha value is -3.23. The highest BCUT2D eigenvalue weighted by atomic mass is 16.7. The van der Waals surface area contributed by atoms with E-state index in [-0.39, 0.29) is 12.3 Å². The molecule has 0 aliphatic carbocycles. The number of carbonyl (C=O) groups excluding carboxylic acids is 3. The molecule has 2 aromatic rings. The average Bonchev–Trinajstić information content (AvgIpc) is 3.12. The number of rotatable bonds is 4. The first kappa shape index (κ1) is 17.2. The zero-order valence-corrected chi connectivity index (χ0v) is 14.2. The quantitative estimate of drug-likeness (QED) is 0.770. The molecule has 0 aromatic heterocycles. The van der Waals surface area contributed by atoms with Crippen molar-refractivity contribution in [3.8, 4) is 5.75 Å². The minimum atomic E-state index is -1.03. The summed E-state index contributed by atoms with van der Waals surface area (Å²) in [4.78, 5) is 44.2. The zero-order valence-electron chi connectivity index (χ0n) is 14.2. The molecule has 0 spiro atoms. The molecule has 0 bridgehead atoms. The highest BCUT2D eigenvalue weighted by Crippen LogP contribution is 2.45. The van der Waals surface area contributed by atoms with E-state index in [9.17, 15) is 19.5 Å². The molecule has 3 N–H and O–H groups in total. The van der Waals surface area contributed by atoms with Gasteiger partial charge in [0.2, 0.25) is 11.8 Å². The molecule has 2 aromatic carbocycles. The topological polar surface area (TPSA) is 113 Å². The molecule has 2 fully saturated rings. The molecule has 0 radical (unpaired) electrons. The summed E-state index contributed by atoms with van der Waals surface area (Å²) in [6, 6.07) is 14.1. The van der Waals surface area contributed by atoms with Crippen molar-refractivity contribution < 1.29 is 24.3 Å². The van der Waals surface area contributed by atoms with Gasteiger partial charge in [-0.1, -0.05) is 30.3 Å². The van der Waals surface area contributed by atoms with E-state index in [1.165, 1.54) is 17.2 Å². The molecule has 2 saturated heterocycles. The van der Waals surface area contributed by atoms with Crippen LogP contribution in [-0.2, 0) is 19.2 Å². The SMILES string of the molecule is NC(=O)CN1OC2C(=O)N(c3ccccc3)C(=O)C2C1c1ccc(O)cc1. The van der Waals surface area contributed by atoms with E-state index in [4.69, 9.17) is 10.6 Å². The van der Waals surface area contributed by atoms with Gasteiger partial charge in [-0.3, -0.25) is 19.2 Å². The fraction of sp³-hybridized carbons (Fsp3) is 0.211. The number of para-hydroxylation sites is 1. The molecule has 0 saturated carbocycles. The number of primary amides is 1. The number of phenolic OH excluding ortho intramolecular Hbond substituents is 1. The van der Waals surface area contributed by atoms with E-state index in [2.05, 4.69) is 0 Å². The fourth-order valence-electron chi connectivity index (χ4n) is 3.64. The smallest absolute Gasteiger partial charge is 0.265 e. The molecule has 3 unspecified atom stereocenters. The Morgan fingerprint density at radius 3 is 2.33 bits per heavy atom. The summed E-state index contributed by atoms with van der Waals surface area (Å²) in [5.74, 6) is -2.27. The third-order valence-corrected chi connectivity index (χ3v) is 4.76. The second kappa shape index (κ2) is 6.49. The van der Waals surface area contributed by atoms with Gasteiger partial charge in [0, 0.05) is 0 Å². The predicted molar refractivity (Wildman–Crippen MR) is 94.0 cm³/mol.